The van der Waals surface area contributed by atoms with Gasteiger partial charge >= 0.3 is 0 Å². The number of hydrogen-bond donors (Lipinski definition) is 0. The minimum Gasteiger partial charge on any atom is -0.337 e. The van der Waals surface area contributed by atoms with Crippen LogP contribution in [0.1, 0.15) is 13.8 Å². The van der Waals surface area contributed by atoms with Gasteiger partial charge in [0.15, 0.2) is 9.84 Å². The van der Waals surface area contributed by atoms with Crippen LogP contribution in [-0.4, -0.2) is 48.1 Å². The highest BCUT2D eigenvalue weighted by Crippen LogP contribution is 2.14. The molecular formula is C8H14BrNO3S. The zero-order valence-electron chi connectivity index (χ0n) is 8.23. The minimum atomic E-state index is -2.93. The molecule has 6 heteroatoms. The lowest BCUT2D eigenvalue weighted by atomic mass is 10.3. The van der Waals surface area contributed by atoms with Gasteiger partial charge in [-0.05, 0) is 13.8 Å². The van der Waals surface area contributed by atoms with Crippen molar-refractivity contribution < 1.29 is 13.2 Å². The van der Waals surface area contributed by atoms with Gasteiger partial charge in [0.25, 0.3) is 0 Å². The molecule has 1 aliphatic rings. The molecule has 0 aromatic carbocycles. The van der Waals surface area contributed by atoms with E-state index >= 15 is 0 Å². The fourth-order valence-electron chi connectivity index (χ4n) is 1.55. The van der Waals surface area contributed by atoms with Crippen LogP contribution >= 0.6 is 15.9 Å². The average Bonchev–Trinajstić information content (AvgIpc) is 2.01. The number of alkyl halides is 1. The Balaban J connectivity index is 2.72. The summed E-state index contributed by atoms with van der Waals surface area (Å²) in [7, 11) is -2.93. The second-order valence-electron chi connectivity index (χ2n) is 3.61. The summed E-state index contributed by atoms with van der Waals surface area (Å²) in [4.78, 5) is 13.0. The van der Waals surface area contributed by atoms with Crippen molar-refractivity contribution in [2.45, 2.75) is 24.7 Å². The van der Waals surface area contributed by atoms with Gasteiger partial charge < -0.3 is 4.90 Å². The van der Waals surface area contributed by atoms with Gasteiger partial charge in [-0.3, -0.25) is 4.79 Å². The van der Waals surface area contributed by atoms with Crippen molar-refractivity contribution in [3.63, 3.8) is 0 Å². The van der Waals surface area contributed by atoms with Gasteiger partial charge in [-0.2, -0.15) is 0 Å². The Bertz CT molecular complexity index is 325. The first-order chi connectivity index (χ1) is 6.33. The van der Waals surface area contributed by atoms with Gasteiger partial charge in [0.1, 0.15) is 0 Å². The predicted octanol–water partition coefficient (Wildman–Crippen LogP) is 0.415. The Morgan fingerprint density at radius 1 is 1.57 bits per heavy atom. The lowest BCUT2D eigenvalue weighted by Crippen LogP contribution is -2.51. The minimum absolute atomic E-state index is 0.0348. The molecule has 0 bridgehead atoms. The fourth-order valence-corrected chi connectivity index (χ4v) is 3.37. The molecule has 1 heterocycles. The largest absolute Gasteiger partial charge is 0.337 e. The molecule has 4 nitrogen and oxygen atoms in total. The third-order valence-electron chi connectivity index (χ3n) is 2.29. The number of nitrogens with zero attached hydrogens (tertiary/aromatic N) is 1. The van der Waals surface area contributed by atoms with Crippen molar-refractivity contribution >= 4 is 31.7 Å². The normalized spacial score (nSPS) is 28.5. The van der Waals surface area contributed by atoms with Crippen molar-refractivity contribution in [1.29, 1.82) is 0 Å². The van der Waals surface area contributed by atoms with Gasteiger partial charge in [0.2, 0.25) is 5.91 Å². The highest BCUT2D eigenvalue weighted by molar-refractivity contribution is 9.10. The fraction of sp³-hybridized carbons (Fsp3) is 0.875. The molecule has 0 aromatic rings. The van der Waals surface area contributed by atoms with E-state index in [-0.39, 0.29) is 28.3 Å². The molecule has 2 unspecified atom stereocenters. The Hall–Kier alpha value is -0.100. The van der Waals surface area contributed by atoms with Crippen molar-refractivity contribution in [3.8, 4) is 0 Å². The van der Waals surface area contributed by atoms with E-state index in [9.17, 15) is 13.2 Å². The Labute approximate surface area is 92.7 Å². The van der Waals surface area contributed by atoms with Crippen molar-refractivity contribution in [3.05, 3.63) is 0 Å². The molecule has 0 N–H and O–H groups in total. The van der Waals surface area contributed by atoms with E-state index in [4.69, 9.17) is 0 Å². The summed E-state index contributed by atoms with van der Waals surface area (Å²) in [6.07, 6.45) is 0. The van der Waals surface area contributed by atoms with Gasteiger partial charge in [0.05, 0.1) is 16.3 Å². The van der Waals surface area contributed by atoms with Crippen LogP contribution < -0.4 is 0 Å². The molecule has 1 saturated heterocycles. The van der Waals surface area contributed by atoms with E-state index in [1.165, 1.54) is 0 Å². The molecule has 2 atom stereocenters. The molecule has 1 amide bonds. The maximum atomic E-state index is 11.6. The number of halogens is 1. The van der Waals surface area contributed by atoms with Gasteiger partial charge in [-0.25, -0.2) is 8.42 Å². The van der Waals surface area contributed by atoms with Crippen molar-refractivity contribution in [2.24, 2.45) is 0 Å². The summed E-state index contributed by atoms with van der Waals surface area (Å²) < 4.78 is 22.5. The van der Waals surface area contributed by atoms with Crippen LogP contribution in [0.15, 0.2) is 0 Å². The smallest absolute Gasteiger partial charge is 0.236 e. The molecule has 1 fully saturated rings. The number of amides is 1. The number of carbonyl (C=O) groups excluding carboxylic acids is 1. The maximum Gasteiger partial charge on any atom is 0.236 e. The second-order valence-corrected chi connectivity index (χ2v) is 7.21. The highest BCUT2D eigenvalue weighted by Gasteiger charge is 2.32. The van der Waals surface area contributed by atoms with Crippen LogP contribution in [0.4, 0.5) is 0 Å². The molecule has 1 rings (SSSR count). The standard InChI is InChI=1S/C8H14BrNO3S/c1-6-5-14(12,13)4-3-10(6)8(11)7(2)9/h6-7H,3-5H2,1-2H3. The van der Waals surface area contributed by atoms with Gasteiger partial charge in [-0.15, -0.1) is 0 Å². The third-order valence-corrected chi connectivity index (χ3v) is 4.48. The quantitative estimate of drug-likeness (QED) is 0.656. The summed E-state index contributed by atoms with van der Waals surface area (Å²) in [5.74, 6) is 0.133. The summed E-state index contributed by atoms with van der Waals surface area (Å²) in [6.45, 7) is 3.83. The molecule has 0 radical (unpaired) electrons. The number of rotatable bonds is 1. The molecule has 0 spiro atoms. The topological polar surface area (TPSA) is 54.5 Å². The molecular weight excluding hydrogens is 270 g/mol. The number of hydrogen-bond acceptors (Lipinski definition) is 3. The Kier molecular flexibility index (Phi) is 3.58. The van der Waals surface area contributed by atoms with E-state index in [0.29, 0.717) is 6.54 Å². The molecule has 14 heavy (non-hydrogen) atoms. The molecule has 0 saturated carbocycles. The van der Waals surface area contributed by atoms with Crippen molar-refractivity contribution in [1.82, 2.24) is 4.90 Å². The predicted molar refractivity (Wildman–Crippen MR) is 58.2 cm³/mol. The summed E-state index contributed by atoms with van der Waals surface area (Å²) in [5, 5.41) is 0. The van der Waals surface area contributed by atoms with E-state index in [1.54, 1.807) is 18.7 Å². The summed E-state index contributed by atoms with van der Waals surface area (Å²) in [6, 6.07) is -0.207. The SMILES string of the molecule is CC(Br)C(=O)N1CCS(=O)(=O)CC1C. The van der Waals surface area contributed by atoms with E-state index < -0.39 is 9.84 Å². The molecule has 1 aliphatic heterocycles. The zero-order chi connectivity index (χ0) is 10.9. The van der Waals surface area contributed by atoms with E-state index in [0.717, 1.165) is 0 Å². The lowest BCUT2D eigenvalue weighted by Gasteiger charge is -2.33. The van der Waals surface area contributed by atoms with Crippen LogP contribution in [0.5, 0.6) is 0 Å². The molecule has 82 valence electrons. The summed E-state index contributed by atoms with van der Waals surface area (Å²) in [5.41, 5.74) is 0. The average molecular weight is 284 g/mol. The van der Waals surface area contributed by atoms with Crippen LogP contribution in [0.3, 0.4) is 0 Å². The lowest BCUT2D eigenvalue weighted by molar-refractivity contribution is -0.131. The highest BCUT2D eigenvalue weighted by atomic mass is 79.9. The molecule has 0 aromatic heterocycles. The zero-order valence-corrected chi connectivity index (χ0v) is 10.6. The van der Waals surface area contributed by atoms with E-state index in [1.807, 2.05) is 0 Å². The third kappa shape index (κ3) is 2.70. The van der Waals surface area contributed by atoms with Crippen LogP contribution in [-0.2, 0) is 14.6 Å². The van der Waals surface area contributed by atoms with Crippen LogP contribution in [0, 0.1) is 0 Å². The Morgan fingerprint density at radius 2 is 2.14 bits per heavy atom. The summed E-state index contributed by atoms with van der Waals surface area (Å²) >= 11 is 3.19. The first kappa shape index (κ1) is 12.0. The van der Waals surface area contributed by atoms with Gasteiger partial charge in [0, 0.05) is 12.6 Å². The number of sulfone groups is 1. The second kappa shape index (κ2) is 4.18. The molecule has 0 aliphatic carbocycles. The van der Waals surface area contributed by atoms with E-state index in [2.05, 4.69) is 15.9 Å². The number of carbonyl (C=O) groups is 1. The van der Waals surface area contributed by atoms with Crippen LogP contribution in [0.25, 0.3) is 0 Å². The Morgan fingerprint density at radius 3 is 2.57 bits per heavy atom. The first-order valence-corrected chi connectivity index (χ1v) is 7.22. The van der Waals surface area contributed by atoms with Gasteiger partial charge in [-0.1, -0.05) is 15.9 Å². The maximum absolute atomic E-state index is 11.6. The first-order valence-electron chi connectivity index (χ1n) is 4.48. The van der Waals surface area contributed by atoms with Crippen molar-refractivity contribution in [2.75, 3.05) is 18.1 Å². The van der Waals surface area contributed by atoms with Crippen LogP contribution in [0.2, 0.25) is 0 Å². The monoisotopic (exact) mass is 283 g/mol.